The fourth-order valence-electron chi connectivity index (χ4n) is 3.02. The molecule has 0 bridgehead atoms. The number of carbonyl (C=O) groups excluding carboxylic acids is 1. The van der Waals surface area contributed by atoms with Crippen molar-refractivity contribution in [2.75, 3.05) is 32.6 Å². The number of amides is 2. The first-order chi connectivity index (χ1) is 13.1. The molecule has 1 unspecified atom stereocenters. The van der Waals surface area contributed by atoms with Gasteiger partial charge in [-0.25, -0.2) is 4.79 Å². The van der Waals surface area contributed by atoms with E-state index in [9.17, 15) is 4.79 Å². The predicted molar refractivity (Wildman–Crippen MR) is 101 cm³/mol. The van der Waals surface area contributed by atoms with Gasteiger partial charge in [-0.3, -0.25) is 0 Å². The van der Waals surface area contributed by atoms with Gasteiger partial charge < -0.3 is 24.4 Å². The number of nitrogens with zero attached hydrogens (tertiary/aromatic N) is 3. The minimum atomic E-state index is -0.204. The van der Waals surface area contributed by atoms with E-state index in [0.29, 0.717) is 36.2 Å². The second kappa shape index (κ2) is 8.57. The molecule has 2 heterocycles. The van der Waals surface area contributed by atoms with Crippen molar-refractivity contribution in [2.45, 2.75) is 25.9 Å². The summed E-state index contributed by atoms with van der Waals surface area (Å²) in [5.74, 6) is 1.53. The Labute approximate surface area is 158 Å². The first-order valence-corrected chi connectivity index (χ1v) is 8.84. The molecule has 8 nitrogen and oxygen atoms in total. The molecular formula is C19H24N4O4. The van der Waals surface area contributed by atoms with Crippen molar-refractivity contribution in [1.29, 1.82) is 0 Å². The number of aryl methyl sites for hydroxylation is 1. The summed E-state index contributed by atoms with van der Waals surface area (Å²) in [5, 5.41) is 10.9. The van der Waals surface area contributed by atoms with Gasteiger partial charge in [-0.2, -0.15) is 5.10 Å². The summed E-state index contributed by atoms with van der Waals surface area (Å²) in [5.41, 5.74) is 1.40. The van der Waals surface area contributed by atoms with Crippen molar-refractivity contribution >= 4 is 11.7 Å². The zero-order chi connectivity index (χ0) is 19.2. The first-order valence-electron chi connectivity index (χ1n) is 8.84. The molecule has 2 amide bonds. The molecule has 0 aliphatic carbocycles. The standard InChI is InChI=1S/C19H24N4O4/c1-13-9-10-17(22-21-13)27-14-6-5-11-23(12-14)19(24)20-15-7-4-8-16(25-2)18(15)26-3/h4,7-10,14H,5-6,11-12H2,1-3H3,(H,20,24). The van der Waals surface area contributed by atoms with Crippen molar-refractivity contribution in [3.63, 3.8) is 0 Å². The van der Waals surface area contributed by atoms with Crippen LogP contribution >= 0.6 is 0 Å². The van der Waals surface area contributed by atoms with E-state index in [4.69, 9.17) is 14.2 Å². The molecule has 1 aromatic carbocycles. The Morgan fingerprint density at radius 3 is 2.74 bits per heavy atom. The number of nitrogens with one attached hydrogen (secondary N) is 1. The van der Waals surface area contributed by atoms with Crippen molar-refractivity contribution in [2.24, 2.45) is 0 Å². The minimum Gasteiger partial charge on any atom is -0.493 e. The van der Waals surface area contributed by atoms with Gasteiger partial charge in [-0.1, -0.05) is 6.07 Å². The summed E-state index contributed by atoms with van der Waals surface area (Å²) in [6, 6.07) is 8.80. The third-order valence-corrected chi connectivity index (χ3v) is 4.37. The monoisotopic (exact) mass is 372 g/mol. The van der Waals surface area contributed by atoms with Crippen molar-refractivity contribution in [1.82, 2.24) is 15.1 Å². The molecule has 27 heavy (non-hydrogen) atoms. The Balaban J connectivity index is 1.64. The van der Waals surface area contributed by atoms with Gasteiger partial charge in [0.2, 0.25) is 5.88 Å². The van der Waals surface area contributed by atoms with Crippen LogP contribution in [0.5, 0.6) is 17.4 Å². The first kappa shape index (κ1) is 18.8. The van der Waals surface area contributed by atoms with Gasteiger partial charge in [0.1, 0.15) is 6.10 Å². The van der Waals surface area contributed by atoms with Crippen LogP contribution in [0.1, 0.15) is 18.5 Å². The summed E-state index contributed by atoms with van der Waals surface area (Å²) in [4.78, 5) is 14.4. The van der Waals surface area contributed by atoms with Gasteiger partial charge in [0, 0.05) is 12.6 Å². The predicted octanol–water partition coefficient (Wildman–Crippen LogP) is 2.88. The molecule has 1 aromatic heterocycles. The topological polar surface area (TPSA) is 85.8 Å². The lowest BCUT2D eigenvalue weighted by Crippen LogP contribution is -2.46. The Bertz CT molecular complexity index is 782. The molecule has 2 aromatic rings. The van der Waals surface area contributed by atoms with Crippen LogP contribution in [0.2, 0.25) is 0 Å². The molecule has 1 fully saturated rings. The second-order valence-corrected chi connectivity index (χ2v) is 6.31. The molecule has 0 spiro atoms. The third-order valence-electron chi connectivity index (χ3n) is 4.37. The zero-order valence-corrected chi connectivity index (χ0v) is 15.8. The Hall–Kier alpha value is -3.03. The molecule has 8 heteroatoms. The lowest BCUT2D eigenvalue weighted by Gasteiger charge is -2.32. The van der Waals surface area contributed by atoms with E-state index < -0.39 is 0 Å². The van der Waals surface area contributed by atoms with Gasteiger partial charge in [-0.15, -0.1) is 5.10 Å². The van der Waals surface area contributed by atoms with Gasteiger partial charge in [0.15, 0.2) is 11.5 Å². The van der Waals surface area contributed by atoms with Crippen LogP contribution < -0.4 is 19.5 Å². The summed E-state index contributed by atoms with van der Waals surface area (Å²) < 4.78 is 16.5. The second-order valence-electron chi connectivity index (χ2n) is 6.31. The van der Waals surface area contributed by atoms with Crippen molar-refractivity contribution < 1.29 is 19.0 Å². The smallest absolute Gasteiger partial charge is 0.322 e. The van der Waals surface area contributed by atoms with Crippen molar-refractivity contribution in [3.8, 4) is 17.4 Å². The van der Waals surface area contributed by atoms with Gasteiger partial charge in [-0.05, 0) is 38.0 Å². The molecule has 1 saturated heterocycles. The highest BCUT2D eigenvalue weighted by Crippen LogP contribution is 2.35. The van der Waals surface area contributed by atoms with E-state index in [-0.39, 0.29) is 12.1 Å². The molecule has 3 rings (SSSR count). The maximum absolute atomic E-state index is 12.7. The number of methoxy groups -OCH3 is 2. The third kappa shape index (κ3) is 4.58. The number of ether oxygens (including phenoxy) is 3. The van der Waals surface area contributed by atoms with E-state index >= 15 is 0 Å². The zero-order valence-electron chi connectivity index (χ0n) is 15.8. The fraction of sp³-hybridized carbons (Fsp3) is 0.421. The van der Waals surface area contributed by atoms with Crippen LogP contribution in [0.25, 0.3) is 0 Å². The highest BCUT2D eigenvalue weighted by molar-refractivity contribution is 5.91. The number of urea groups is 1. The Morgan fingerprint density at radius 2 is 2.04 bits per heavy atom. The number of para-hydroxylation sites is 1. The molecular weight excluding hydrogens is 348 g/mol. The van der Waals surface area contributed by atoms with Crippen LogP contribution in [-0.2, 0) is 0 Å². The number of benzene rings is 1. The minimum absolute atomic E-state index is 0.117. The quantitative estimate of drug-likeness (QED) is 0.869. The van der Waals surface area contributed by atoms with E-state index in [1.54, 1.807) is 43.4 Å². The number of piperidine rings is 1. The SMILES string of the molecule is COc1cccc(NC(=O)N2CCCC(Oc3ccc(C)nn3)C2)c1OC. The van der Waals surface area contributed by atoms with Crippen LogP contribution in [0.3, 0.4) is 0 Å². The average Bonchev–Trinajstić information content (AvgIpc) is 2.69. The van der Waals surface area contributed by atoms with Crippen LogP contribution in [-0.4, -0.2) is 54.5 Å². The number of aromatic nitrogens is 2. The van der Waals surface area contributed by atoms with Gasteiger partial charge in [0.05, 0.1) is 32.1 Å². The maximum atomic E-state index is 12.7. The molecule has 1 aliphatic heterocycles. The van der Waals surface area contributed by atoms with Crippen molar-refractivity contribution in [3.05, 3.63) is 36.0 Å². The Morgan fingerprint density at radius 1 is 1.19 bits per heavy atom. The highest BCUT2D eigenvalue weighted by atomic mass is 16.5. The molecule has 144 valence electrons. The summed E-state index contributed by atoms with van der Waals surface area (Å²) in [7, 11) is 3.10. The van der Waals surface area contributed by atoms with Crippen LogP contribution in [0, 0.1) is 6.92 Å². The lowest BCUT2D eigenvalue weighted by atomic mass is 10.1. The average molecular weight is 372 g/mol. The molecule has 1 N–H and O–H groups in total. The largest absolute Gasteiger partial charge is 0.493 e. The lowest BCUT2D eigenvalue weighted by molar-refractivity contribution is 0.102. The number of anilines is 1. The van der Waals surface area contributed by atoms with Gasteiger partial charge >= 0.3 is 6.03 Å². The number of carbonyl (C=O) groups is 1. The normalized spacial score (nSPS) is 16.6. The summed E-state index contributed by atoms with van der Waals surface area (Å²) >= 11 is 0. The molecule has 1 aliphatic rings. The van der Waals surface area contributed by atoms with E-state index in [0.717, 1.165) is 18.5 Å². The molecule has 0 saturated carbocycles. The number of hydrogen-bond acceptors (Lipinski definition) is 6. The molecule has 0 radical (unpaired) electrons. The van der Waals surface area contributed by atoms with Crippen LogP contribution in [0.4, 0.5) is 10.5 Å². The maximum Gasteiger partial charge on any atom is 0.322 e. The Kier molecular flexibility index (Phi) is 5.95. The van der Waals surface area contributed by atoms with Gasteiger partial charge in [0.25, 0.3) is 0 Å². The fourth-order valence-corrected chi connectivity index (χ4v) is 3.02. The van der Waals surface area contributed by atoms with E-state index in [2.05, 4.69) is 15.5 Å². The summed E-state index contributed by atoms with van der Waals surface area (Å²) in [6.07, 6.45) is 1.60. The van der Waals surface area contributed by atoms with Crippen LogP contribution in [0.15, 0.2) is 30.3 Å². The van der Waals surface area contributed by atoms with E-state index in [1.165, 1.54) is 0 Å². The summed E-state index contributed by atoms with van der Waals surface area (Å²) in [6.45, 7) is 3.02. The number of rotatable bonds is 5. The number of hydrogen-bond donors (Lipinski definition) is 1. The highest BCUT2D eigenvalue weighted by Gasteiger charge is 2.26. The number of likely N-dealkylation sites (tertiary alicyclic amines) is 1. The molecule has 1 atom stereocenters. The van der Waals surface area contributed by atoms with E-state index in [1.807, 2.05) is 13.0 Å².